The molecule has 0 bridgehead atoms. The van der Waals surface area contributed by atoms with E-state index in [1.165, 1.54) is 12.8 Å². The number of aliphatic carboxylic acids is 1. The van der Waals surface area contributed by atoms with Gasteiger partial charge in [0.15, 0.2) is 0 Å². The number of rotatable bonds is 7. The van der Waals surface area contributed by atoms with Crippen molar-refractivity contribution in [3.8, 4) is 0 Å². The van der Waals surface area contributed by atoms with Gasteiger partial charge in [-0.05, 0) is 6.42 Å². The molecule has 0 spiro atoms. The van der Waals surface area contributed by atoms with Crippen LogP contribution in [0, 0.1) is 0 Å². The van der Waals surface area contributed by atoms with E-state index < -0.39 is 5.97 Å². The number of nitrogens with one attached hydrogen (secondary N) is 1. The molecule has 0 aromatic heterocycles. The van der Waals surface area contributed by atoms with E-state index in [0.29, 0.717) is 6.42 Å². The summed E-state index contributed by atoms with van der Waals surface area (Å²) in [5, 5.41) is 7.72. The van der Waals surface area contributed by atoms with Gasteiger partial charge >= 0.3 is 71.1 Å². The average molecular weight is 281 g/mol. The Hall–Kier alpha value is 0.900. The van der Waals surface area contributed by atoms with E-state index in [4.69, 9.17) is 5.11 Å². The molecule has 0 aliphatic heterocycles. The van der Waals surface area contributed by atoms with Crippen LogP contribution in [-0.2, 0) is 14.4 Å². The van der Waals surface area contributed by atoms with Crippen LogP contribution in [0.3, 0.4) is 0 Å². The van der Waals surface area contributed by atoms with Crippen molar-refractivity contribution in [3.05, 3.63) is 0 Å². The van der Waals surface area contributed by atoms with Crippen LogP contribution >= 0.6 is 0 Å². The molecule has 0 aromatic rings. The molecule has 0 aliphatic carbocycles. The molecular weight excluding hydrogens is 256 g/mol. The first-order chi connectivity index (χ1) is 7.58. The number of hydrogen-bond donors (Lipinski definition) is 2. The van der Waals surface area contributed by atoms with Gasteiger partial charge in [0.25, 0.3) is 0 Å². The second kappa shape index (κ2) is 23.0. The maximum atomic E-state index is 10.6. The predicted octanol–water partition coefficient (Wildman–Crippen LogP) is 0.818. The molecular formula is C11H25NNa2O4. The summed E-state index contributed by atoms with van der Waals surface area (Å²) in [5.74, 6) is -0.938. The van der Waals surface area contributed by atoms with Crippen LogP contribution in [0.15, 0.2) is 0 Å². The summed E-state index contributed by atoms with van der Waals surface area (Å²) in [6.07, 6.45) is 4.08. The van der Waals surface area contributed by atoms with Crippen LogP contribution in [0.4, 0.5) is 0 Å². The van der Waals surface area contributed by atoms with Gasteiger partial charge in [-0.1, -0.05) is 33.6 Å². The molecule has 100 valence electrons. The summed E-state index contributed by atoms with van der Waals surface area (Å²) in [5.41, 5.74) is 2.62. The summed E-state index contributed by atoms with van der Waals surface area (Å²) in [6.45, 7) is 6.27. The van der Waals surface area contributed by atoms with Gasteiger partial charge in [0.2, 0.25) is 0 Å². The molecule has 0 radical (unpaired) electrons. The van der Waals surface area contributed by atoms with E-state index in [1.807, 2.05) is 0 Å². The SMILES string of the molecule is CCC(=O)O.CCCCCNOC(=O)CC.[NaH].[NaH]. The van der Waals surface area contributed by atoms with Crippen molar-refractivity contribution in [3.63, 3.8) is 0 Å². The number of carbonyl (C=O) groups excluding carboxylic acids is 1. The van der Waals surface area contributed by atoms with Crippen molar-refractivity contribution >= 4 is 71.1 Å². The number of unbranched alkanes of at least 4 members (excludes halogenated alkanes) is 2. The number of carboxylic acid groups (broad SMARTS) is 1. The van der Waals surface area contributed by atoms with Crippen molar-refractivity contribution in [2.24, 2.45) is 0 Å². The molecule has 7 heteroatoms. The molecule has 0 heterocycles. The van der Waals surface area contributed by atoms with E-state index in [2.05, 4.69) is 17.2 Å². The molecule has 2 N–H and O–H groups in total. The normalized spacial score (nSPS) is 7.94. The monoisotopic (exact) mass is 281 g/mol. The summed E-state index contributed by atoms with van der Waals surface area (Å²) < 4.78 is 0. The van der Waals surface area contributed by atoms with Gasteiger partial charge in [0, 0.05) is 19.4 Å². The zero-order chi connectivity index (χ0) is 12.8. The second-order valence-corrected chi connectivity index (χ2v) is 3.18. The molecule has 0 rings (SSSR count). The van der Waals surface area contributed by atoms with Crippen molar-refractivity contribution in [1.29, 1.82) is 0 Å². The van der Waals surface area contributed by atoms with E-state index in [9.17, 15) is 9.59 Å². The molecule has 0 saturated carbocycles. The fourth-order valence-corrected chi connectivity index (χ4v) is 0.651. The fraction of sp³-hybridized carbons (Fsp3) is 0.818. The van der Waals surface area contributed by atoms with E-state index in [0.717, 1.165) is 13.0 Å². The zero-order valence-corrected chi connectivity index (χ0v) is 10.4. The molecule has 0 fully saturated rings. The maximum absolute atomic E-state index is 10.6. The average Bonchev–Trinajstić information content (AvgIpc) is 2.29. The van der Waals surface area contributed by atoms with Crippen LogP contribution in [0.5, 0.6) is 0 Å². The van der Waals surface area contributed by atoms with Crippen LogP contribution < -0.4 is 5.48 Å². The minimum atomic E-state index is -0.745. The predicted molar refractivity (Wildman–Crippen MR) is 76.1 cm³/mol. The molecule has 18 heavy (non-hydrogen) atoms. The molecule has 0 atom stereocenters. The van der Waals surface area contributed by atoms with Crippen LogP contribution in [0.2, 0.25) is 0 Å². The van der Waals surface area contributed by atoms with Crippen molar-refractivity contribution in [2.45, 2.75) is 52.9 Å². The van der Waals surface area contributed by atoms with Crippen molar-refractivity contribution < 1.29 is 19.5 Å². The molecule has 0 amide bonds. The zero-order valence-electron chi connectivity index (χ0n) is 10.4. The molecule has 0 aliphatic rings. The summed E-state index contributed by atoms with van der Waals surface area (Å²) in [4.78, 5) is 24.6. The van der Waals surface area contributed by atoms with Gasteiger partial charge in [-0.3, -0.25) is 9.59 Å². The third-order valence-electron chi connectivity index (χ3n) is 1.66. The van der Waals surface area contributed by atoms with Gasteiger partial charge in [-0.2, -0.15) is 5.48 Å². The quantitative estimate of drug-likeness (QED) is 0.410. The minimum absolute atomic E-state index is 0. The first-order valence-electron chi connectivity index (χ1n) is 5.72. The van der Waals surface area contributed by atoms with Crippen LogP contribution in [-0.4, -0.2) is 82.7 Å². The number of hydrogen-bond acceptors (Lipinski definition) is 4. The Bertz CT molecular complexity index is 192. The van der Waals surface area contributed by atoms with Gasteiger partial charge < -0.3 is 9.94 Å². The third-order valence-corrected chi connectivity index (χ3v) is 1.66. The molecule has 0 aromatic carbocycles. The standard InChI is InChI=1S/C8H17NO2.C3H6O2.2Na.2H/c1-3-5-6-7-9-11-8(10)4-2;1-2-3(4)5;;;;/h9H,3-7H2,1-2H3;2H2,1H3,(H,4,5);;;;. The van der Waals surface area contributed by atoms with Gasteiger partial charge in [0.05, 0.1) is 0 Å². The Labute approximate surface area is 154 Å². The number of carboxylic acids is 1. The summed E-state index contributed by atoms with van der Waals surface area (Å²) in [6, 6.07) is 0. The Morgan fingerprint density at radius 2 is 1.56 bits per heavy atom. The van der Waals surface area contributed by atoms with Gasteiger partial charge in [0.1, 0.15) is 0 Å². The summed E-state index contributed by atoms with van der Waals surface area (Å²) >= 11 is 0. The Morgan fingerprint density at radius 1 is 1.06 bits per heavy atom. The Morgan fingerprint density at radius 3 is 1.89 bits per heavy atom. The topological polar surface area (TPSA) is 75.6 Å². The number of hydroxylamine groups is 1. The van der Waals surface area contributed by atoms with Crippen molar-refractivity contribution in [2.75, 3.05) is 6.54 Å². The molecule has 0 saturated heterocycles. The van der Waals surface area contributed by atoms with Crippen LogP contribution in [0.1, 0.15) is 52.9 Å². The Kier molecular flexibility index (Phi) is 34.9. The first-order valence-corrected chi connectivity index (χ1v) is 5.72. The van der Waals surface area contributed by atoms with Gasteiger partial charge in [-0.25, -0.2) is 0 Å². The molecule has 0 unspecified atom stereocenters. The van der Waals surface area contributed by atoms with E-state index in [1.54, 1.807) is 13.8 Å². The fourth-order valence-electron chi connectivity index (χ4n) is 0.651. The van der Waals surface area contributed by atoms with E-state index in [-0.39, 0.29) is 71.5 Å². The van der Waals surface area contributed by atoms with Crippen molar-refractivity contribution in [1.82, 2.24) is 5.48 Å². The first kappa shape index (κ1) is 27.3. The van der Waals surface area contributed by atoms with Gasteiger partial charge in [-0.15, -0.1) is 0 Å². The molecule has 5 nitrogen and oxygen atoms in total. The summed E-state index contributed by atoms with van der Waals surface area (Å²) in [7, 11) is 0. The van der Waals surface area contributed by atoms with Crippen LogP contribution in [0.25, 0.3) is 0 Å². The second-order valence-electron chi connectivity index (χ2n) is 3.18. The Balaban J connectivity index is -0.000000122. The number of carbonyl (C=O) groups is 2. The van der Waals surface area contributed by atoms with E-state index >= 15 is 0 Å². The third kappa shape index (κ3) is 30.2.